The Bertz CT molecular complexity index is 908. The third kappa shape index (κ3) is 4.35. The number of ketones is 1. The first-order valence-electron chi connectivity index (χ1n) is 8.32. The number of Topliss-reactive ketones (excluding diaryl/α,β-unsaturated/α-hetero) is 1. The topological polar surface area (TPSA) is 60.7 Å². The van der Waals surface area contributed by atoms with Crippen molar-refractivity contribution in [3.05, 3.63) is 65.0 Å². The van der Waals surface area contributed by atoms with Gasteiger partial charge in [0.15, 0.2) is 5.78 Å². The second-order valence-corrected chi connectivity index (χ2v) is 7.09. The van der Waals surface area contributed by atoms with Crippen molar-refractivity contribution < 1.29 is 9.18 Å². The number of carbonyl (C=O) groups is 1. The lowest BCUT2D eigenvalue weighted by atomic mass is 10.1. The first-order chi connectivity index (χ1) is 12.5. The highest BCUT2D eigenvalue weighted by atomic mass is 32.2. The maximum Gasteiger partial charge on any atom is 0.214 e. The van der Waals surface area contributed by atoms with Gasteiger partial charge >= 0.3 is 0 Å². The summed E-state index contributed by atoms with van der Waals surface area (Å²) in [5, 5.41) is 12.6. The second kappa shape index (κ2) is 8.23. The molecule has 134 valence electrons. The molecule has 0 unspecified atom stereocenters. The summed E-state index contributed by atoms with van der Waals surface area (Å²) in [6, 6.07) is 11.7. The smallest absolute Gasteiger partial charge is 0.214 e. The molecule has 0 atom stereocenters. The van der Waals surface area contributed by atoms with Crippen LogP contribution in [0.2, 0.25) is 0 Å². The highest BCUT2D eigenvalue weighted by molar-refractivity contribution is 7.99. The van der Waals surface area contributed by atoms with E-state index in [1.165, 1.54) is 47.2 Å². The Labute approximate surface area is 155 Å². The van der Waals surface area contributed by atoms with Crippen LogP contribution in [0.5, 0.6) is 0 Å². The van der Waals surface area contributed by atoms with E-state index in [4.69, 9.17) is 0 Å². The molecular formula is C19H19FN4OS. The van der Waals surface area contributed by atoms with Crippen molar-refractivity contribution in [2.75, 3.05) is 5.75 Å². The molecule has 26 heavy (non-hydrogen) atoms. The SMILES string of the molecule is Cc1ccc(-n2nnnc2SCCCC(=O)c2ccc(F)cc2)cc1C. The minimum absolute atomic E-state index is 0.0133. The molecule has 0 amide bonds. The average molecular weight is 370 g/mol. The van der Waals surface area contributed by atoms with Crippen LogP contribution in [0.3, 0.4) is 0 Å². The molecule has 5 nitrogen and oxygen atoms in total. The fraction of sp³-hybridized carbons (Fsp3) is 0.263. The van der Waals surface area contributed by atoms with Crippen LogP contribution in [0.15, 0.2) is 47.6 Å². The van der Waals surface area contributed by atoms with Gasteiger partial charge in [0, 0.05) is 17.7 Å². The molecule has 0 aliphatic rings. The summed E-state index contributed by atoms with van der Waals surface area (Å²) in [7, 11) is 0. The first-order valence-corrected chi connectivity index (χ1v) is 9.31. The van der Waals surface area contributed by atoms with E-state index in [9.17, 15) is 9.18 Å². The van der Waals surface area contributed by atoms with Gasteiger partial charge in [-0.2, -0.15) is 4.68 Å². The number of aryl methyl sites for hydroxylation is 2. The summed E-state index contributed by atoms with van der Waals surface area (Å²) in [6.07, 6.45) is 1.10. The van der Waals surface area contributed by atoms with Crippen LogP contribution in [0.1, 0.15) is 34.3 Å². The number of thioether (sulfide) groups is 1. The van der Waals surface area contributed by atoms with Crippen molar-refractivity contribution in [1.29, 1.82) is 0 Å². The van der Waals surface area contributed by atoms with Gasteiger partial charge in [0.25, 0.3) is 0 Å². The molecule has 7 heteroatoms. The van der Waals surface area contributed by atoms with Crippen molar-refractivity contribution >= 4 is 17.5 Å². The van der Waals surface area contributed by atoms with Crippen LogP contribution in [-0.4, -0.2) is 31.7 Å². The predicted octanol–water partition coefficient (Wildman–Crippen LogP) is 4.17. The van der Waals surface area contributed by atoms with Gasteiger partial charge in [-0.25, -0.2) is 4.39 Å². The maximum atomic E-state index is 12.9. The van der Waals surface area contributed by atoms with E-state index < -0.39 is 0 Å². The minimum Gasteiger partial charge on any atom is -0.294 e. The largest absolute Gasteiger partial charge is 0.294 e. The molecule has 0 saturated carbocycles. The number of rotatable bonds is 7. The third-order valence-corrected chi connectivity index (χ3v) is 5.13. The lowest BCUT2D eigenvalue weighted by molar-refractivity contribution is 0.0982. The number of benzene rings is 2. The van der Waals surface area contributed by atoms with E-state index in [2.05, 4.69) is 29.4 Å². The number of hydrogen-bond donors (Lipinski definition) is 0. The van der Waals surface area contributed by atoms with E-state index >= 15 is 0 Å². The summed E-state index contributed by atoms with van der Waals surface area (Å²) in [4.78, 5) is 12.1. The fourth-order valence-corrected chi connectivity index (χ4v) is 3.29. The molecule has 1 aromatic heterocycles. The number of hydrogen-bond acceptors (Lipinski definition) is 5. The molecular weight excluding hydrogens is 351 g/mol. The Morgan fingerprint density at radius 3 is 2.62 bits per heavy atom. The lowest BCUT2D eigenvalue weighted by Crippen LogP contribution is -2.02. The highest BCUT2D eigenvalue weighted by Crippen LogP contribution is 2.21. The van der Waals surface area contributed by atoms with Gasteiger partial charge in [0.05, 0.1) is 5.69 Å². The van der Waals surface area contributed by atoms with Crippen molar-refractivity contribution in [2.45, 2.75) is 31.8 Å². The summed E-state index contributed by atoms with van der Waals surface area (Å²) in [5.74, 6) is 0.396. The van der Waals surface area contributed by atoms with Gasteiger partial charge in [-0.1, -0.05) is 17.8 Å². The van der Waals surface area contributed by atoms with Crippen molar-refractivity contribution in [3.63, 3.8) is 0 Å². The van der Waals surface area contributed by atoms with Gasteiger partial charge in [-0.3, -0.25) is 4.79 Å². The van der Waals surface area contributed by atoms with Crippen LogP contribution in [0.25, 0.3) is 5.69 Å². The van der Waals surface area contributed by atoms with Crippen LogP contribution in [0.4, 0.5) is 4.39 Å². The summed E-state index contributed by atoms with van der Waals surface area (Å²) >= 11 is 1.51. The standard InChI is InChI=1S/C19H19FN4OS/c1-13-5-10-17(12-14(13)2)24-19(21-22-23-24)26-11-3-4-18(25)15-6-8-16(20)9-7-15/h5-10,12H,3-4,11H2,1-2H3. The molecule has 3 aromatic rings. The molecule has 1 heterocycles. The number of carbonyl (C=O) groups excluding carboxylic acids is 1. The average Bonchev–Trinajstić information content (AvgIpc) is 3.10. The Balaban J connectivity index is 1.56. The van der Waals surface area contributed by atoms with Crippen molar-refractivity contribution in [2.24, 2.45) is 0 Å². The summed E-state index contributed by atoms with van der Waals surface area (Å²) in [5.41, 5.74) is 3.86. The quantitative estimate of drug-likeness (QED) is 0.355. The number of halogens is 1. The number of tetrazole rings is 1. The molecule has 3 rings (SSSR count). The maximum absolute atomic E-state index is 12.9. The zero-order valence-corrected chi connectivity index (χ0v) is 15.5. The predicted molar refractivity (Wildman–Crippen MR) is 99.3 cm³/mol. The number of aromatic nitrogens is 4. The fourth-order valence-electron chi connectivity index (χ4n) is 2.46. The summed E-state index contributed by atoms with van der Waals surface area (Å²) in [6.45, 7) is 4.11. The molecule has 0 aliphatic heterocycles. The zero-order valence-electron chi connectivity index (χ0n) is 14.6. The molecule has 0 bridgehead atoms. The molecule has 0 fully saturated rings. The molecule has 0 saturated heterocycles. The van der Waals surface area contributed by atoms with Gasteiger partial charge in [0.1, 0.15) is 5.82 Å². The molecule has 0 spiro atoms. The third-order valence-electron chi connectivity index (χ3n) is 4.12. The van der Waals surface area contributed by atoms with Crippen LogP contribution in [0, 0.1) is 19.7 Å². The zero-order chi connectivity index (χ0) is 18.5. The normalized spacial score (nSPS) is 10.9. The van der Waals surface area contributed by atoms with E-state index in [0.717, 1.165) is 11.4 Å². The van der Waals surface area contributed by atoms with Crippen molar-refractivity contribution in [3.8, 4) is 5.69 Å². The Hall–Kier alpha value is -2.54. The van der Waals surface area contributed by atoms with E-state index in [-0.39, 0.29) is 11.6 Å². The van der Waals surface area contributed by atoms with Gasteiger partial charge in [-0.05, 0) is 78.2 Å². The van der Waals surface area contributed by atoms with Crippen LogP contribution in [-0.2, 0) is 0 Å². The van der Waals surface area contributed by atoms with Gasteiger partial charge < -0.3 is 0 Å². The summed E-state index contributed by atoms with van der Waals surface area (Å²) < 4.78 is 14.6. The van der Waals surface area contributed by atoms with E-state index in [1.54, 1.807) is 4.68 Å². The Kier molecular flexibility index (Phi) is 5.78. The monoisotopic (exact) mass is 370 g/mol. The van der Waals surface area contributed by atoms with Crippen LogP contribution >= 0.6 is 11.8 Å². The first kappa shape index (κ1) is 18.3. The lowest BCUT2D eigenvalue weighted by Gasteiger charge is -2.07. The van der Waals surface area contributed by atoms with Crippen molar-refractivity contribution in [1.82, 2.24) is 20.2 Å². The molecule has 2 aromatic carbocycles. The molecule has 0 N–H and O–H groups in total. The highest BCUT2D eigenvalue weighted by Gasteiger charge is 2.11. The molecule has 0 aliphatic carbocycles. The number of nitrogens with zero attached hydrogens (tertiary/aromatic N) is 4. The van der Waals surface area contributed by atoms with Gasteiger partial charge in [-0.15, -0.1) is 5.10 Å². The van der Waals surface area contributed by atoms with Gasteiger partial charge in [0.2, 0.25) is 5.16 Å². The van der Waals surface area contributed by atoms with Crippen LogP contribution < -0.4 is 0 Å². The van der Waals surface area contributed by atoms with E-state index in [1.807, 2.05) is 18.2 Å². The Morgan fingerprint density at radius 1 is 1.12 bits per heavy atom. The second-order valence-electron chi connectivity index (χ2n) is 6.02. The minimum atomic E-state index is -0.338. The Morgan fingerprint density at radius 2 is 1.88 bits per heavy atom. The molecule has 0 radical (unpaired) electrons. The van der Waals surface area contributed by atoms with E-state index in [0.29, 0.717) is 23.6 Å².